The van der Waals surface area contributed by atoms with Gasteiger partial charge in [0.25, 0.3) is 17.9 Å². The van der Waals surface area contributed by atoms with Crippen LogP contribution in [0.2, 0.25) is 0 Å². The molecule has 0 spiro atoms. The van der Waals surface area contributed by atoms with E-state index in [0.717, 1.165) is 20.8 Å². The van der Waals surface area contributed by atoms with Crippen molar-refractivity contribution in [3.63, 3.8) is 0 Å². The van der Waals surface area contributed by atoms with E-state index >= 15 is 0 Å². The SMILES string of the molecule is CC(=O)O.CC(=O)O.CC(=O)O.OCc1cccc(O)c1CO. The number of carboxylic acid groups (broad SMARTS) is 3. The van der Waals surface area contributed by atoms with Crippen molar-refractivity contribution in [2.75, 3.05) is 0 Å². The zero-order chi connectivity index (χ0) is 19.0. The van der Waals surface area contributed by atoms with Crippen molar-refractivity contribution < 1.29 is 45.0 Å². The number of aromatic hydroxyl groups is 1. The number of hydrogen-bond donors (Lipinski definition) is 6. The largest absolute Gasteiger partial charge is 0.508 e. The van der Waals surface area contributed by atoms with Gasteiger partial charge in [0.2, 0.25) is 0 Å². The van der Waals surface area contributed by atoms with Crippen molar-refractivity contribution in [1.82, 2.24) is 0 Å². The molecule has 0 fully saturated rings. The number of aliphatic hydroxyl groups excluding tert-OH is 2. The number of carbonyl (C=O) groups is 3. The predicted molar refractivity (Wildman–Crippen MR) is 79.9 cm³/mol. The third kappa shape index (κ3) is 24.7. The van der Waals surface area contributed by atoms with Gasteiger partial charge in [0.1, 0.15) is 5.75 Å². The second-order valence-corrected chi connectivity index (χ2v) is 3.79. The highest BCUT2D eigenvalue weighted by Crippen LogP contribution is 2.20. The van der Waals surface area contributed by atoms with Gasteiger partial charge in [-0.2, -0.15) is 0 Å². The highest BCUT2D eigenvalue weighted by atomic mass is 16.4. The lowest BCUT2D eigenvalue weighted by molar-refractivity contribution is -0.135. The third-order valence-electron chi connectivity index (χ3n) is 1.58. The van der Waals surface area contributed by atoms with Crippen LogP contribution in [0.15, 0.2) is 18.2 Å². The van der Waals surface area contributed by atoms with Crippen molar-refractivity contribution in [3.8, 4) is 5.75 Å². The predicted octanol–water partition coefficient (Wildman–Crippen LogP) is 0.649. The summed E-state index contributed by atoms with van der Waals surface area (Å²) in [6.07, 6.45) is 0. The van der Waals surface area contributed by atoms with Crippen LogP contribution in [0.3, 0.4) is 0 Å². The molecule has 0 heterocycles. The van der Waals surface area contributed by atoms with E-state index < -0.39 is 17.9 Å². The van der Waals surface area contributed by atoms with Gasteiger partial charge in [-0.05, 0) is 11.6 Å². The normalized spacial score (nSPS) is 8.04. The van der Waals surface area contributed by atoms with Crippen LogP contribution in [0.1, 0.15) is 31.9 Å². The first-order valence-electron chi connectivity index (χ1n) is 6.09. The Balaban J connectivity index is -0.000000278. The van der Waals surface area contributed by atoms with Crippen LogP contribution >= 0.6 is 0 Å². The molecule has 9 heteroatoms. The van der Waals surface area contributed by atoms with Gasteiger partial charge in [-0.15, -0.1) is 0 Å². The minimum Gasteiger partial charge on any atom is -0.508 e. The van der Waals surface area contributed by atoms with Crippen LogP contribution in [0.4, 0.5) is 0 Å². The molecular formula is C14H22O9. The Morgan fingerprint density at radius 1 is 0.826 bits per heavy atom. The summed E-state index contributed by atoms with van der Waals surface area (Å²) in [6, 6.07) is 4.76. The van der Waals surface area contributed by atoms with Crippen molar-refractivity contribution in [1.29, 1.82) is 0 Å². The molecule has 1 aromatic carbocycles. The summed E-state index contributed by atoms with van der Waals surface area (Å²) in [5.41, 5.74) is 0.961. The second-order valence-electron chi connectivity index (χ2n) is 3.79. The fourth-order valence-electron chi connectivity index (χ4n) is 0.952. The van der Waals surface area contributed by atoms with Crippen LogP contribution in [0, 0.1) is 0 Å². The summed E-state index contributed by atoms with van der Waals surface area (Å²) in [7, 11) is 0. The average Bonchev–Trinajstić information content (AvgIpc) is 2.36. The van der Waals surface area contributed by atoms with E-state index in [1.165, 1.54) is 6.07 Å². The molecule has 6 N–H and O–H groups in total. The van der Waals surface area contributed by atoms with Gasteiger partial charge in [0.05, 0.1) is 13.2 Å². The highest BCUT2D eigenvalue weighted by molar-refractivity contribution is 5.63. The lowest BCUT2D eigenvalue weighted by atomic mass is 10.1. The van der Waals surface area contributed by atoms with Crippen LogP contribution < -0.4 is 0 Å². The molecule has 132 valence electrons. The summed E-state index contributed by atoms with van der Waals surface area (Å²) in [5.74, 6) is -2.47. The quantitative estimate of drug-likeness (QED) is 0.454. The summed E-state index contributed by atoms with van der Waals surface area (Å²) in [6.45, 7) is 2.84. The maximum Gasteiger partial charge on any atom is 0.300 e. The van der Waals surface area contributed by atoms with Gasteiger partial charge in [-0.25, -0.2) is 0 Å². The molecular weight excluding hydrogens is 312 g/mol. The first kappa shape index (κ1) is 25.3. The standard InChI is InChI=1S/C8H10O3.3C2H4O2/c9-4-6-2-1-3-8(11)7(6)5-10;3*1-2(3)4/h1-3,9-11H,4-5H2;3*1H3,(H,3,4). The molecule has 9 nitrogen and oxygen atoms in total. The van der Waals surface area contributed by atoms with E-state index in [1.807, 2.05) is 0 Å². The molecule has 0 aliphatic heterocycles. The summed E-state index contributed by atoms with van der Waals surface area (Å²) in [4.78, 5) is 27.0. The number of hydrogen-bond acceptors (Lipinski definition) is 6. The van der Waals surface area contributed by atoms with Crippen LogP contribution in [0.25, 0.3) is 0 Å². The van der Waals surface area contributed by atoms with Gasteiger partial charge in [-0.1, -0.05) is 12.1 Å². The van der Waals surface area contributed by atoms with Crippen molar-refractivity contribution in [2.45, 2.75) is 34.0 Å². The van der Waals surface area contributed by atoms with Crippen molar-refractivity contribution >= 4 is 17.9 Å². The molecule has 0 unspecified atom stereocenters. The minimum atomic E-state index is -0.833. The van der Waals surface area contributed by atoms with E-state index in [-0.39, 0.29) is 19.0 Å². The monoisotopic (exact) mass is 334 g/mol. The minimum absolute atomic E-state index is 0.0269. The first-order valence-corrected chi connectivity index (χ1v) is 6.09. The maximum atomic E-state index is 9.15. The zero-order valence-corrected chi connectivity index (χ0v) is 13.1. The smallest absolute Gasteiger partial charge is 0.300 e. The Bertz CT molecular complexity index is 443. The Morgan fingerprint density at radius 2 is 1.17 bits per heavy atom. The van der Waals surface area contributed by atoms with Crippen LogP contribution in [0.5, 0.6) is 5.75 Å². The molecule has 0 atom stereocenters. The molecule has 0 saturated heterocycles. The topological polar surface area (TPSA) is 173 Å². The van der Waals surface area contributed by atoms with E-state index in [9.17, 15) is 0 Å². The van der Waals surface area contributed by atoms with Gasteiger partial charge in [0, 0.05) is 26.3 Å². The highest BCUT2D eigenvalue weighted by Gasteiger charge is 2.03. The molecule has 0 bridgehead atoms. The van der Waals surface area contributed by atoms with Crippen molar-refractivity contribution in [3.05, 3.63) is 29.3 Å². The second kappa shape index (κ2) is 15.7. The Hall–Kier alpha value is -2.65. The lowest BCUT2D eigenvalue weighted by Crippen LogP contribution is -1.93. The number of benzene rings is 1. The molecule has 0 saturated carbocycles. The van der Waals surface area contributed by atoms with Gasteiger partial charge in [-0.3, -0.25) is 14.4 Å². The average molecular weight is 334 g/mol. The van der Waals surface area contributed by atoms with E-state index in [1.54, 1.807) is 12.1 Å². The molecule has 1 rings (SSSR count). The fraction of sp³-hybridized carbons (Fsp3) is 0.357. The maximum absolute atomic E-state index is 9.15. The fourth-order valence-corrected chi connectivity index (χ4v) is 0.952. The third-order valence-corrected chi connectivity index (χ3v) is 1.58. The summed E-state index contributed by atoms with van der Waals surface area (Å²) < 4.78 is 0. The number of aliphatic carboxylic acids is 3. The van der Waals surface area contributed by atoms with E-state index in [4.69, 9.17) is 45.0 Å². The number of rotatable bonds is 2. The zero-order valence-electron chi connectivity index (χ0n) is 13.1. The first-order chi connectivity index (χ1) is 10.5. The van der Waals surface area contributed by atoms with Crippen LogP contribution in [-0.2, 0) is 27.6 Å². The number of carboxylic acids is 3. The Kier molecular flexibility index (Phi) is 17.3. The van der Waals surface area contributed by atoms with E-state index in [0.29, 0.717) is 11.1 Å². The molecule has 1 aromatic rings. The van der Waals surface area contributed by atoms with E-state index in [2.05, 4.69) is 0 Å². The molecule has 0 aliphatic rings. The lowest BCUT2D eigenvalue weighted by Gasteiger charge is -2.05. The molecule has 0 radical (unpaired) electrons. The summed E-state index contributed by atoms with van der Waals surface area (Å²) in [5, 5.41) is 48.9. The van der Waals surface area contributed by atoms with Crippen molar-refractivity contribution in [2.24, 2.45) is 0 Å². The van der Waals surface area contributed by atoms with Gasteiger partial charge < -0.3 is 30.6 Å². The number of aliphatic hydroxyl groups is 2. The van der Waals surface area contributed by atoms with Crippen LogP contribution in [-0.4, -0.2) is 48.5 Å². The Labute approximate surface area is 133 Å². The number of phenols is 1. The van der Waals surface area contributed by atoms with Gasteiger partial charge in [0.15, 0.2) is 0 Å². The molecule has 0 aromatic heterocycles. The molecule has 23 heavy (non-hydrogen) atoms. The Morgan fingerprint density at radius 3 is 1.39 bits per heavy atom. The summed E-state index contributed by atoms with van der Waals surface area (Å²) >= 11 is 0. The molecule has 0 aliphatic carbocycles. The molecule has 0 amide bonds. The van der Waals surface area contributed by atoms with Gasteiger partial charge >= 0.3 is 0 Å².